The number of rotatable bonds is 5. The molecule has 1 aromatic heterocycles. The largest absolute Gasteiger partial charge is 0.354 e. The maximum Gasteiger partial charge on any atom is 0.268 e. The van der Waals surface area contributed by atoms with E-state index in [1.54, 1.807) is 6.07 Å². The predicted octanol–water partition coefficient (Wildman–Crippen LogP) is 4.51. The van der Waals surface area contributed by atoms with E-state index in [1.807, 2.05) is 19.1 Å². The summed E-state index contributed by atoms with van der Waals surface area (Å²) in [6, 6.07) is 5.56. The van der Waals surface area contributed by atoms with Crippen LogP contribution in [0.2, 0.25) is 10.0 Å². The Bertz CT molecular complexity index is 827. The summed E-state index contributed by atoms with van der Waals surface area (Å²) in [5.41, 5.74) is 3.97. The molecule has 0 unspecified atom stereocenters. The average Bonchev–Trinajstić information content (AvgIpc) is 2.93. The number of fused-ring (bicyclic) bond motifs is 1. The molecule has 6 heteroatoms. The van der Waals surface area contributed by atoms with Crippen LogP contribution in [0, 0.1) is 6.92 Å². The molecular weight excluding hydrogens is 359 g/mol. The van der Waals surface area contributed by atoms with E-state index < -0.39 is 0 Å². The molecule has 4 nitrogen and oxygen atoms in total. The van der Waals surface area contributed by atoms with Crippen molar-refractivity contribution < 1.29 is 9.59 Å². The van der Waals surface area contributed by atoms with Crippen LogP contribution in [-0.4, -0.2) is 23.2 Å². The van der Waals surface area contributed by atoms with Crippen LogP contribution in [-0.2, 0) is 12.8 Å². The van der Waals surface area contributed by atoms with Gasteiger partial charge in [-0.2, -0.15) is 0 Å². The van der Waals surface area contributed by atoms with Crippen LogP contribution in [0.25, 0.3) is 0 Å². The van der Waals surface area contributed by atoms with E-state index in [4.69, 9.17) is 23.2 Å². The number of nitrogens with one attached hydrogen (secondary N) is 2. The average molecular weight is 379 g/mol. The summed E-state index contributed by atoms with van der Waals surface area (Å²) in [5, 5.41) is 4.00. The minimum atomic E-state index is -0.158. The van der Waals surface area contributed by atoms with Crippen LogP contribution in [0.5, 0.6) is 0 Å². The number of amides is 1. The zero-order chi connectivity index (χ0) is 18.0. The van der Waals surface area contributed by atoms with Crippen molar-refractivity contribution in [2.45, 2.75) is 39.0 Å². The van der Waals surface area contributed by atoms with E-state index in [2.05, 4.69) is 10.3 Å². The van der Waals surface area contributed by atoms with Crippen molar-refractivity contribution in [3.63, 3.8) is 0 Å². The van der Waals surface area contributed by atoms with Gasteiger partial charge in [0.05, 0.1) is 10.0 Å². The van der Waals surface area contributed by atoms with Crippen LogP contribution in [0.4, 0.5) is 0 Å². The van der Waals surface area contributed by atoms with Gasteiger partial charge in [-0.05, 0) is 55.9 Å². The summed E-state index contributed by atoms with van der Waals surface area (Å²) in [5.74, 6) is -0.0255. The van der Waals surface area contributed by atoms with E-state index in [0.717, 1.165) is 42.5 Å². The van der Waals surface area contributed by atoms with Crippen LogP contribution in [0.15, 0.2) is 18.2 Å². The number of aromatic nitrogens is 1. The summed E-state index contributed by atoms with van der Waals surface area (Å²) in [7, 11) is 0. The molecule has 1 aromatic carbocycles. The number of Topliss-reactive ketones (excluding diaryl/α,β-unsaturated/α-hetero) is 1. The van der Waals surface area contributed by atoms with Crippen molar-refractivity contribution in [2.24, 2.45) is 0 Å². The van der Waals surface area contributed by atoms with E-state index in [1.165, 1.54) is 0 Å². The molecular formula is C19H20Cl2N2O2. The zero-order valence-electron chi connectivity index (χ0n) is 14.0. The number of ketones is 1. The second-order valence-corrected chi connectivity index (χ2v) is 7.18. The van der Waals surface area contributed by atoms with Gasteiger partial charge in [-0.15, -0.1) is 0 Å². The van der Waals surface area contributed by atoms with Crippen LogP contribution < -0.4 is 5.32 Å². The normalized spacial score (nSPS) is 13.6. The summed E-state index contributed by atoms with van der Waals surface area (Å²) in [4.78, 5) is 27.6. The van der Waals surface area contributed by atoms with E-state index >= 15 is 0 Å². The molecule has 0 aliphatic heterocycles. The third-order valence-electron chi connectivity index (χ3n) is 4.58. The molecule has 0 saturated heterocycles. The molecule has 1 amide bonds. The molecule has 0 radical (unpaired) electrons. The lowest BCUT2D eigenvalue weighted by Crippen LogP contribution is -2.25. The van der Waals surface area contributed by atoms with Gasteiger partial charge in [0.2, 0.25) is 0 Å². The van der Waals surface area contributed by atoms with Crippen molar-refractivity contribution in [2.75, 3.05) is 6.54 Å². The number of hydrogen-bond donors (Lipinski definition) is 2. The Morgan fingerprint density at radius 3 is 2.76 bits per heavy atom. The van der Waals surface area contributed by atoms with Gasteiger partial charge >= 0.3 is 0 Å². The van der Waals surface area contributed by atoms with Gasteiger partial charge in [0.25, 0.3) is 5.91 Å². The highest BCUT2D eigenvalue weighted by atomic mass is 35.5. The fraction of sp³-hybridized carbons (Fsp3) is 0.368. The molecule has 3 rings (SSSR count). The molecule has 1 aliphatic carbocycles. The summed E-state index contributed by atoms with van der Waals surface area (Å²) >= 11 is 11.9. The molecule has 1 heterocycles. The van der Waals surface area contributed by atoms with Crippen LogP contribution in [0.1, 0.15) is 56.9 Å². The monoisotopic (exact) mass is 378 g/mol. The number of carbonyl (C=O) groups is 2. The van der Waals surface area contributed by atoms with Crippen molar-refractivity contribution in [3.8, 4) is 0 Å². The maximum absolute atomic E-state index is 12.4. The SMILES string of the molecule is Cc1c(C(=O)NCCCc2ccc(Cl)c(Cl)c2)[nH]c2c1C(=O)CCC2. The van der Waals surface area contributed by atoms with Crippen molar-refractivity contribution >= 4 is 34.9 Å². The first-order valence-electron chi connectivity index (χ1n) is 8.44. The Kier molecular flexibility index (Phi) is 5.50. The van der Waals surface area contributed by atoms with Crippen molar-refractivity contribution in [1.82, 2.24) is 10.3 Å². The standard InChI is InChI=1S/C19H20Cl2N2O2/c1-11-17-15(5-2-6-16(17)24)23-18(11)19(25)22-9-3-4-12-7-8-13(20)14(21)10-12/h7-8,10,23H,2-6,9H2,1H3,(H,22,25). The highest BCUT2D eigenvalue weighted by Gasteiger charge is 2.26. The third-order valence-corrected chi connectivity index (χ3v) is 5.32. The summed E-state index contributed by atoms with van der Waals surface area (Å²) in [6.07, 6.45) is 3.83. The number of aromatic amines is 1. The Labute approximate surface area is 156 Å². The van der Waals surface area contributed by atoms with Gasteiger partial charge in [-0.1, -0.05) is 29.3 Å². The lowest BCUT2D eigenvalue weighted by molar-refractivity contribution is 0.0947. The van der Waals surface area contributed by atoms with Gasteiger partial charge < -0.3 is 10.3 Å². The number of halogens is 2. The van der Waals surface area contributed by atoms with Gasteiger partial charge in [-0.25, -0.2) is 0 Å². The highest BCUT2D eigenvalue weighted by molar-refractivity contribution is 6.42. The molecule has 0 saturated carbocycles. The Hall–Kier alpha value is -1.78. The molecule has 0 bridgehead atoms. The van der Waals surface area contributed by atoms with E-state index in [0.29, 0.717) is 34.3 Å². The number of carbonyl (C=O) groups excluding carboxylic acids is 2. The molecule has 132 valence electrons. The van der Waals surface area contributed by atoms with E-state index in [-0.39, 0.29) is 11.7 Å². The minimum absolute atomic E-state index is 0.133. The lowest BCUT2D eigenvalue weighted by Gasteiger charge is -2.09. The molecule has 0 fully saturated rings. The number of benzene rings is 1. The zero-order valence-corrected chi connectivity index (χ0v) is 15.6. The van der Waals surface area contributed by atoms with Crippen LogP contribution >= 0.6 is 23.2 Å². The Morgan fingerprint density at radius 2 is 2.04 bits per heavy atom. The first-order chi connectivity index (χ1) is 12.0. The van der Waals surface area contributed by atoms with Gasteiger partial charge in [-0.3, -0.25) is 9.59 Å². The topological polar surface area (TPSA) is 62.0 Å². The first-order valence-corrected chi connectivity index (χ1v) is 9.19. The van der Waals surface area contributed by atoms with Gasteiger partial charge in [0, 0.05) is 24.2 Å². The maximum atomic E-state index is 12.4. The van der Waals surface area contributed by atoms with Gasteiger partial charge in [0.1, 0.15) is 5.69 Å². The predicted molar refractivity (Wildman–Crippen MR) is 99.9 cm³/mol. The highest BCUT2D eigenvalue weighted by Crippen LogP contribution is 2.26. The summed E-state index contributed by atoms with van der Waals surface area (Å²) in [6.45, 7) is 2.39. The Balaban J connectivity index is 1.56. The van der Waals surface area contributed by atoms with Gasteiger partial charge in [0.15, 0.2) is 5.78 Å². The second kappa shape index (κ2) is 7.63. The number of H-pyrrole nitrogens is 1. The van der Waals surface area contributed by atoms with E-state index in [9.17, 15) is 9.59 Å². The molecule has 0 atom stereocenters. The fourth-order valence-corrected chi connectivity index (χ4v) is 3.60. The number of aryl methyl sites for hydroxylation is 2. The third kappa shape index (κ3) is 3.91. The number of hydrogen-bond acceptors (Lipinski definition) is 2. The molecule has 2 aromatic rings. The fourth-order valence-electron chi connectivity index (χ4n) is 3.28. The Morgan fingerprint density at radius 1 is 1.24 bits per heavy atom. The first kappa shape index (κ1) is 18.0. The van der Waals surface area contributed by atoms with Crippen LogP contribution in [0.3, 0.4) is 0 Å². The molecule has 2 N–H and O–H groups in total. The molecule has 1 aliphatic rings. The second-order valence-electron chi connectivity index (χ2n) is 6.36. The van der Waals surface area contributed by atoms with Crippen molar-refractivity contribution in [1.29, 1.82) is 0 Å². The molecule has 0 spiro atoms. The lowest BCUT2D eigenvalue weighted by atomic mass is 9.94. The molecule has 25 heavy (non-hydrogen) atoms. The quantitative estimate of drug-likeness (QED) is 0.751. The van der Waals surface area contributed by atoms with Crippen molar-refractivity contribution in [3.05, 3.63) is 56.3 Å². The summed E-state index contributed by atoms with van der Waals surface area (Å²) < 4.78 is 0. The smallest absolute Gasteiger partial charge is 0.268 e. The minimum Gasteiger partial charge on any atom is -0.354 e.